The number of ether oxygens (including phenoxy) is 1. The smallest absolute Gasteiger partial charge is 0.208 e. The van der Waals surface area contributed by atoms with Gasteiger partial charge in [0.2, 0.25) is 5.96 Å². The van der Waals surface area contributed by atoms with Crippen LogP contribution in [-0.2, 0) is 11.3 Å². The molecule has 6 nitrogen and oxygen atoms in total. The second kappa shape index (κ2) is 8.43. The molecule has 1 heterocycles. The van der Waals surface area contributed by atoms with Gasteiger partial charge < -0.3 is 9.64 Å². The Balaban J connectivity index is 2.48. The Kier molecular flexibility index (Phi) is 6.75. The summed E-state index contributed by atoms with van der Waals surface area (Å²) in [6.45, 7) is 2.12. The summed E-state index contributed by atoms with van der Waals surface area (Å²) in [5.41, 5.74) is 3.78. The summed E-state index contributed by atoms with van der Waals surface area (Å²) in [5.74, 6) is 6.15. The Morgan fingerprint density at radius 2 is 2.22 bits per heavy atom. The van der Waals surface area contributed by atoms with Crippen molar-refractivity contribution in [2.45, 2.75) is 13.0 Å². The number of aromatic nitrogens is 1. The van der Waals surface area contributed by atoms with Crippen LogP contribution in [0.3, 0.4) is 0 Å². The summed E-state index contributed by atoms with van der Waals surface area (Å²) in [5, 5.41) is 0. The van der Waals surface area contributed by atoms with Crippen LogP contribution in [0.25, 0.3) is 0 Å². The van der Waals surface area contributed by atoms with Crippen LogP contribution in [0.1, 0.15) is 12.0 Å². The van der Waals surface area contributed by atoms with Crippen molar-refractivity contribution in [3.8, 4) is 0 Å². The first-order chi connectivity index (χ1) is 8.77. The molecule has 1 aromatic heterocycles. The van der Waals surface area contributed by atoms with Crippen LogP contribution in [0.15, 0.2) is 29.5 Å². The number of nitrogens with zero attached hydrogens (tertiary/aromatic N) is 3. The van der Waals surface area contributed by atoms with E-state index in [1.807, 2.05) is 24.1 Å². The molecule has 0 aromatic carbocycles. The molecule has 0 radical (unpaired) electrons. The van der Waals surface area contributed by atoms with Gasteiger partial charge in [0.1, 0.15) is 0 Å². The van der Waals surface area contributed by atoms with Gasteiger partial charge in [-0.05, 0) is 24.1 Å². The highest BCUT2D eigenvalue weighted by Crippen LogP contribution is 2.01. The van der Waals surface area contributed by atoms with Crippen LogP contribution in [0.4, 0.5) is 0 Å². The SMILES string of the molecule is COCCCN=C(NN)N(C)Cc1ccncc1. The lowest BCUT2D eigenvalue weighted by atomic mass is 10.2. The Hall–Kier alpha value is -1.66. The molecule has 0 unspecified atom stereocenters. The molecule has 0 amide bonds. The third kappa shape index (κ3) is 5.11. The molecule has 0 saturated heterocycles. The van der Waals surface area contributed by atoms with E-state index >= 15 is 0 Å². The highest BCUT2D eigenvalue weighted by atomic mass is 16.5. The van der Waals surface area contributed by atoms with E-state index in [1.165, 1.54) is 0 Å². The first-order valence-electron chi connectivity index (χ1n) is 5.88. The standard InChI is InChI=1S/C12H21N5O/c1-17(10-11-4-7-14-8-5-11)12(16-13)15-6-3-9-18-2/h4-5,7-8H,3,6,9-10,13H2,1-2H3,(H,15,16). The number of hydrazine groups is 1. The van der Waals surface area contributed by atoms with Gasteiger partial charge in [-0.15, -0.1) is 0 Å². The topological polar surface area (TPSA) is 75.8 Å². The first-order valence-corrected chi connectivity index (χ1v) is 5.88. The minimum atomic E-state index is 0.669. The van der Waals surface area contributed by atoms with Crippen molar-refractivity contribution >= 4 is 5.96 Å². The van der Waals surface area contributed by atoms with Gasteiger partial charge >= 0.3 is 0 Å². The van der Waals surface area contributed by atoms with E-state index < -0.39 is 0 Å². The van der Waals surface area contributed by atoms with Crippen molar-refractivity contribution < 1.29 is 4.74 Å². The van der Waals surface area contributed by atoms with E-state index in [4.69, 9.17) is 10.6 Å². The number of methoxy groups -OCH3 is 1. The number of nitrogens with one attached hydrogen (secondary N) is 1. The van der Waals surface area contributed by atoms with Crippen molar-refractivity contribution in [3.63, 3.8) is 0 Å². The molecular formula is C12H21N5O. The van der Waals surface area contributed by atoms with E-state index in [9.17, 15) is 0 Å². The van der Waals surface area contributed by atoms with Gasteiger partial charge in [0, 0.05) is 46.2 Å². The summed E-state index contributed by atoms with van der Waals surface area (Å²) in [4.78, 5) is 10.3. The molecule has 1 aromatic rings. The number of rotatable bonds is 6. The number of aliphatic imine (C=N–C) groups is 1. The van der Waals surface area contributed by atoms with E-state index in [0.29, 0.717) is 19.1 Å². The van der Waals surface area contributed by atoms with E-state index in [0.717, 1.165) is 18.5 Å². The second-order valence-corrected chi connectivity index (χ2v) is 3.91. The van der Waals surface area contributed by atoms with Crippen LogP contribution in [-0.4, -0.2) is 43.2 Å². The van der Waals surface area contributed by atoms with E-state index in [1.54, 1.807) is 19.5 Å². The van der Waals surface area contributed by atoms with Gasteiger partial charge in [-0.3, -0.25) is 15.4 Å². The van der Waals surface area contributed by atoms with Crippen molar-refractivity contribution in [2.24, 2.45) is 10.8 Å². The normalized spacial score (nSPS) is 11.4. The minimum absolute atomic E-state index is 0.669. The van der Waals surface area contributed by atoms with Crippen molar-refractivity contribution in [1.82, 2.24) is 15.3 Å². The average molecular weight is 251 g/mol. The van der Waals surface area contributed by atoms with E-state index in [-0.39, 0.29) is 0 Å². The Labute approximate surface area is 108 Å². The van der Waals surface area contributed by atoms with Gasteiger partial charge in [0.05, 0.1) is 0 Å². The predicted molar refractivity (Wildman–Crippen MR) is 71.8 cm³/mol. The largest absolute Gasteiger partial charge is 0.385 e. The number of pyridine rings is 1. The Morgan fingerprint density at radius 1 is 1.50 bits per heavy atom. The molecule has 0 fully saturated rings. The molecule has 18 heavy (non-hydrogen) atoms. The molecule has 0 spiro atoms. The first kappa shape index (κ1) is 14.4. The third-order valence-electron chi connectivity index (χ3n) is 2.43. The van der Waals surface area contributed by atoms with Crippen LogP contribution >= 0.6 is 0 Å². The lowest BCUT2D eigenvalue weighted by molar-refractivity contribution is 0.197. The molecule has 0 bridgehead atoms. The van der Waals surface area contributed by atoms with Crippen molar-refractivity contribution in [2.75, 3.05) is 27.3 Å². The fourth-order valence-corrected chi connectivity index (χ4v) is 1.51. The zero-order valence-electron chi connectivity index (χ0n) is 11.0. The maximum absolute atomic E-state index is 5.48. The summed E-state index contributed by atoms with van der Waals surface area (Å²) >= 11 is 0. The lowest BCUT2D eigenvalue weighted by Crippen LogP contribution is -2.42. The number of hydrogen-bond acceptors (Lipinski definition) is 4. The van der Waals surface area contributed by atoms with Crippen LogP contribution in [0.2, 0.25) is 0 Å². The monoisotopic (exact) mass is 251 g/mol. The maximum Gasteiger partial charge on any atom is 0.208 e. The Bertz CT molecular complexity index is 355. The predicted octanol–water partition coefficient (Wildman–Crippen LogP) is 0.369. The fraction of sp³-hybridized carbons (Fsp3) is 0.500. The van der Waals surface area contributed by atoms with Gasteiger partial charge in [-0.25, -0.2) is 5.84 Å². The molecule has 1 rings (SSSR count). The van der Waals surface area contributed by atoms with E-state index in [2.05, 4.69) is 15.4 Å². The summed E-state index contributed by atoms with van der Waals surface area (Å²) < 4.78 is 4.97. The van der Waals surface area contributed by atoms with Crippen LogP contribution in [0, 0.1) is 0 Å². The second-order valence-electron chi connectivity index (χ2n) is 3.91. The van der Waals surface area contributed by atoms with Crippen LogP contribution < -0.4 is 11.3 Å². The lowest BCUT2D eigenvalue weighted by Gasteiger charge is -2.20. The molecule has 0 aliphatic rings. The van der Waals surface area contributed by atoms with Gasteiger partial charge in [-0.1, -0.05) is 0 Å². The van der Waals surface area contributed by atoms with Gasteiger partial charge in [0.25, 0.3) is 0 Å². The maximum atomic E-state index is 5.48. The average Bonchev–Trinajstić information content (AvgIpc) is 2.40. The highest BCUT2D eigenvalue weighted by Gasteiger charge is 2.05. The highest BCUT2D eigenvalue weighted by molar-refractivity contribution is 5.79. The molecular weight excluding hydrogens is 230 g/mol. The van der Waals surface area contributed by atoms with Gasteiger partial charge in [0.15, 0.2) is 0 Å². The molecule has 6 heteroatoms. The molecule has 3 N–H and O–H groups in total. The number of guanidine groups is 1. The molecule has 0 aliphatic heterocycles. The molecule has 0 atom stereocenters. The van der Waals surface area contributed by atoms with Gasteiger partial charge in [-0.2, -0.15) is 0 Å². The fourth-order valence-electron chi connectivity index (χ4n) is 1.51. The summed E-state index contributed by atoms with van der Waals surface area (Å²) in [6.07, 6.45) is 4.42. The van der Waals surface area contributed by atoms with Crippen LogP contribution in [0.5, 0.6) is 0 Å². The Morgan fingerprint density at radius 3 is 2.83 bits per heavy atom. The molecule has 100 valence electrons. The zero-order chi connectivity index (χ0) is 13.2. The molecule has 0 aliphatic carbocycles. The van der Waals surface area contributed by atoms with Crippen molar-refractivity contribution in [3.05, 3.63) is 30.1 Å². The summed E-state index contributed by atoms with van der Waals surface area (Å²) in [7, 11) is 3.62. The number of hydrogen-bond donors (Lipinski definition) is 2. The quantitative estimate of drug-likeness (QED) is 0.251. The number of nitrogens with two attached hydrogens (primary N) is 1. The summed E-state index contributed by atoms with van der Waals surface area (Å²) in [6, 6.07) is 3.94. The van der Waals surface area contributed by atoms with Crippen molar-refractivity contribution in [1.29, 1.82) is 0 Å². The third-order valence-corrected chi connectivity index (χ3v) is 2.43. The zero-order valence-corrected chi connectivity index (χ0v) is 11.0. The molecule has 0 saturated carbocycles. The minimum Gasteiger partial charge on any atom is -0.385 e.